The maximum atomic E-state index is 13.2. The van der Waals surface area contributed by atoms with Gasteiger partial charge in [0.2, 0.25) is 5.89 Å². The summed E-state index contributed by atoms with van der Waals surface area (Å²) in [6.07, 6.45) is 0. The molecule has 6 heteroatoms. The molecule has 6 nitrogen and oxygen atoms in total. The second kappa shape index (κ2) is 8.67. The van der Waals surface area contributed by atoms with Crippen LogP contribution in [0, 0.1) is 6.92 Å². The number of oxazole rings is 1. The summed E-state index contributed by atoms with van der Waals surface area (Å²) in [5.41, 5.74) is 5.40. The van der Waals surface area contributed by atoms with E-state index in [-0.39, 0.29) is 11.5 Å². The Balaban J connectivity index is 1.47. The van der Waals surface area contributed by atoms with Crippen LogP contribution in [-0.2, 0) is 0 Å². The molecule has 0 saturated carbocycles. The number of amides is 1. The van der Waals surface area contributed by atoms with Gasteiger partial charge in [-0.25, -0.2) is 9.78 Å². The normalized spacial score (nSPS) is 10.9. The number of carbonyl (C=O) groups is 2. The van der Waals surface area contributed by atoms with Crippen molar-refractivity contribution in [1.82, 2.24) is 4.98 Å². The molecule has 4 aromatic carbocycles. The standard InChI is InChI=1S/C28H20N2O4/c1-17-13-14-25-24(15-17)30-27(34-25)18-7-6-8-19(16-18)29-26(31)22-11-4-2-9-20(22)21-10-3-5-12-23(21)28(32)33/h2-16H,1H3,(H,29,31)(H,32,33). The molecule has 0 radical (unpaired) electrons. The SMILES string of the molecule is Cc1ccc2oc(-c3cccc(NC(=O)c4ccccc4-c4ccccc4C(=O)O)c3)nc2c1. The van der Waals surface area contributed by atoms with Crippen molar-refractivity contribution in [2.75, 3.05) is 5.32 Å². The van der Waals surface area contributed by atoms with Crippen LogP contribution in [0.5, 0.6) is 0 Å². The Kier molecular flexibility index (Phi) is 5.40. The molecule has 2 N–H and O–H groups in total. The van der Waals surface area contributed by atoms with Crippen LogP contribution in [0.3, 0.4) is 0 Å². The van der Waals surface area contributed by atoms with Crippen molar-refractivity contribution in [2.24, 2.45) is 0 Å². The maximum absolute atomic E-state index is 13.2. The first kappa shape index (κ1) is 21.2. The van der Waals surface area contributed by atoms with E-state index < -0.39 is 5.97 Å². The van der Waals surface area contributed by atoms with Crippen LogP contribution < -0.4 is 5.32 Å². The Hall–Kier alpha value is -4.71. The number of carboxylic acid groups (broad SMARTS) is 1. The number of rotatable bonds is 5. The summed E-state index contributed by atoms with van der Waals surface area (Å²) in [7, 11) is 0. The van der Waals surface area contributed by atoms with E-state index in [1.807, 2.05) is 37.3 Å². The van der Waals surface area contributed by atoms with E-state index in [0.29, 0.717) is 33.9 Å². The van der Waals surface area contributed by atoms with Gasteiger partial charge >= 0.3 is 5.97 Å². The summed E-state index contributed by atoms with van der Waals surface area (Å²) in [4.78, 5) is 29.5. The molecule has 1 heterocycles. The van der Waals surface area contributed by atoms with Gasteiger partial charge in [-0.05, 0) is 66.1 Å². The number of carbonyl (C=O) groups excluding carboxylic acids is 1. The number of aromatic carboxylic acids is 1. The average Bonchev–Trinajstić information content (AvgIpc) is 3.27. The van der Waals surface area contributed by atoms with Crippen LogP contribution in [0.15, 0.2) is 95.4 Å². The van der Waals surface area contributed by atoms with Crippen LogP contribution in [0.4, 0.5) is 5.69 Å². The van der Waals surface area contributed by atoms with Crippen molar-refractivity contribution < 1.29 is 19.1 Å². The molecular weight excluding hydrogens is 428 g/mol. The molecule has 0 bridgehead atoms. The largest absolute Gasteiger partial charge is 0.478 e. The van der Waals surface area contributed by atoms with Gasteiger partial charge in [-0.3, -0.25) is 4.79 Å². The third kappa shape index (κ3) is 4.04. The number of aryl methyl sites for hydroxylation is 1. The van der Waals surface area contributed by atoms with Crippen molar-refractivity contribution in [1.29, 1.82) is 0 Å². The minimum atomic E-state index is -1.05. The first-order valence-electron chi connectivity index (χ1n) is 10.7. The number of nitrogens with one attached hydrogen (secondary N) is 1. The number of benzene rings is 4. The number of hydrogen-bond acceptors (Lipinski definition) is 4. The average molecular weight is 448 g/mol. The zero-order valence-electron chi connectivity index (χ0n) is 18.3. The highest BCUT2D eigenvalue weighted by atomic mass is 16.4. The molecule has 0 aliphatic heterocycles. The third-order valence-electron chi connectivity index (χ3n) is 5.53. The Morgan fingerprint density at radius 1 is 0.824 bits per heavy atom. The van der Waals surface area contributed by atoms with Crippen LogP contribution in [0.2, 0.25) is 0 Å². The van der Waals surface area contributed by atoms with Crippen molar-refractivity contribution in [3.8, 4) is 22.6 Å². The fourth-order valence-corrected chi connectivity index (χ4v) is 3.91. The van der Waals surface area contributed by atoms with E-state index in [1.165, 1.54) is 6.07 Å². The molecule has 0 atom stereocenters. The molecule has 1 amide bonds. The molecule has 0 aliphatic carbocycles. The summed E-state index contributed by atoms with van der Waals surface area (Å²) < 4.78 is 5.89. The second-order valence-electron chi connectivity index (χ2n) is 7.92. The van der Waals surface area contributed by atoms with Gasteiger partial charge in [0.05, 0.1) is 5.56 Å². The highest BCUT2D eigenvalue weighted by molar-refractivity contribution is 6.10. The van der Waals surface area contributed by atoms with Gasteiger partial charge in [0.1, 0.15) is 5.52 Å². The summed E-state index contributed by atoms with van der Waals surface area (Å²) in [6.45, 7) is 2.00. The molecule has 5 rings (SSSR count). The van der Waals surface area contributed by atoms with Gasteiger partial charge in [0.25, 0.3) is 5.91 Å². The summed E-state index contributed by atoms with van der Waals surface area (Å²) in [5.74, 6) is -0.930. The van der Waals surface area contributed by atoms with Crippen LogP contribution in [0.25, 0.3) is 33.7 Å². The maximum Gasteiger partial charge on any atom is 0.336 e. The van der Waals surface area contributed by atoms with Gasteiger partial charge < -0.3 is 14.8 Å². The van der Waals surface area contributed by atoms with Crippen molar-refractivity contribution in [2.45, 2.75) is 6.92 Å². The topological polar surface area (TPSA) is 92.4 Å². The Bertz CT molecular complexity index is 1550. The number of aromatic nitrogens is 1. The number of anilines is 1. The summed E-state index contributed by atoms with van der Waals surface area (Å²) in [6, 6.07) is 26.7. The van der Waals surface area contributed by atoms with Gasteiger partial charge in [0.15, 0.2) is 5.58 Å². The van der Waals surface area contributed by atoms with E-state index in [0.717, 1.165) is 16.6 Å². The van der Waals surface area contributed by atoms with Crippen LogP contribution in [0.1, 0.15) is 26.3 Å². The lowest BCUT2D eigenvalue weighted by Gasteiger charge is -2.12. The van der Waals surface area contributed by atoms with E-state index in [1.54, 1.807) is 54.6 Å². The molecule has 1 aromatic heterocycles. The lowest BCUT2D eigenvalue weighted by molar-refractivity contribution is 0.0697. The highest BCUT2D eigenvalue weighted by Crippen LogP contribution is 2.29. The molecule has 0 spiro atoms. The molecule has 0 aliphatic rings. The molecule has 0 fully saturated rings. The lowest BCUT2D eigenvalue weighted by atomic mass is 9.95. The predicted molar refractivity (Wildman–Crippen MR) is 131 cm³/mol. The fraction of sp³-hybridized carbons (Fsp3) is 0.0357. The summed E-state index contributed by atoms with van der Waals surface area (Å²) >= 11 is 0. The summed E-state index contributed by atoms with van der Waals surface area (Å²) in [5, 5.41) is 12.5. The van der Waals surface area contributed by atoms with E-state index in [9.17, 15) is 14.7 Å². The van der Waals surface area contributed by atoms with Crippen molar-refractivity contribution >= 4 is 28.7 Å². The highest BCUT2D eigenvalue weighted by Gasteiger charge is 2.18. The Labute approximate surface area is 195 Å². The van der Waals surface area contributed by atoms with Gasteiger partial charge in [-0.15, -0.1) is 0 Å². The molecule has 0 unspecified atom stereocenters. The molecule has 34 heavy (non-hydrogen) atoms. The lowest BCUT2D eigenvalue weighted by Crippen LogP contribution is -2.13. The van der Waals surface area contributed by atoms with Gasteiger partial charge in [-0.1, -0.05) is 48.5 Å². The molecule has 5 aromatic rings. The number of hydrogen-bond donors (Lipinski definition) is 2. The van der Waals surface area contributed by atoms with E-state index in [4.69, 9.17) is 4.42 Å². The van der Waals surface area contributed by atoms with Crippen molar-refractivity contribution in [3.63, 3.8) is 0 Å². The van der Waals surface area contributed by atoms with Gasteiger partial charge in [-0.2, -0.15) is 0 Å². The van der Waals surface area contributed by atoms with E-state index in [2.05, 4.69) is 10.3 Å². The molecular formula is C28H20N2O4. The van der Waals surface area contributed by atoms with Crippen molar-refractivity contribution in [3.05, 3.63) is 108 Å². The smallest absolute Gasteiger partial charge is 0.336 e. The minimum absolute atomic E-state index is 0.135. The zero-order chi connectivity index (χ0) is 23.7. The van der Waals surface area contributed by atoms with E-state index >= 15 is 0 Å². The predicted octanol–water partition coefficient (Wildman–Crippen LogP) is 6.42. The quantitative estimate of drug-likeness (QED) is 0.324. The number of carboxylic acids is 1. The van der Waals surface area contributed by atoms with Gasteiger partial charge in [0, 0.05) is 16.8 Å². The number of nitrogens with zero attached hydrogens (tertiary/aromatic N) is 1. The van der Waals surface area contributed by atoms with Crippen LogP contribution in [-0.4, -0.2) is 22.0 Å². The number of fused-ring (bicyclic) bond motifs is 1. The molecule has 0 saturated heterocycles. The first-order chi connectivity index (χ1) is 16.5. The Morgan fingerprint density at radius 3 is 2.29 bits per heavy atom. The zero-order valence-corrected chi connectivity index (χ0v) is 18.3. The second-order valence-corrected chi connectivity index (χ2v) is 7.92. The Morgan fingerprint density at radius 2 is 1.53 bits per heavy atom. The fourth-order valence-electron chi connectivity index (χ4n) is 3.91. The molecule has 166 valence electrons. The van der Waals surface area contributed by atoms with Crippen LogP contribution >= 0.6 is 0 Å². The third-order valence-corrected chi connectivity index (χ3v) is 5.53. The monoisotopic (exact) mass is 448 g/mol. The first-order valence-corrected chi connectivity index (χ1v) is 10.7. The minimum Gasteiger partial charge on any atom is -0.478 e.